The van der Waals surface area contributed by atoms with Gasteiger partial charge in [-0.05, 0) is 54.9 Å². The molecular weight excluding hydrogens is 415 g/mol. The molecule has 30 heavy (non-hydrogen) atoms. The maximum atomic E-state index is 13.6. The van der Waals surface area contributed by atoms with E-state index in [-0.39, 0.29) is 17.7 Å². The zero-order valence-corrected chi connectivity index (χ0v) is 18.1. The van der Waals surface area contributed by atoms with Crippen LogP contribution in [0.15, 0.2) is 72.8 Å². The van der Waals surface area contributed by atoms with E-state index in [0.29, 0.717) is 0 Å². The lowest BCUT2D eigenvalue weighted by molar-refractivity contribution is -0.127. The number of hydrogen-bond donors (Lipinski definition) is 1. The van der Waals surface area contributed by atoms with Gasteiger partial charge in [-0.3, -0.25) is 9.69 Å². The molecule has 3 aromatic carbocycles. The average Bonchev–Trinajstić information content (AvgIpc) is 3.20. The minimum Gasteiger partial charge on any atom is -0.324 e. The number of carbonyl (C=O) groups excluding carboxylic acids is 1. The Morgan fingerprint density at radius 1 is 0.967 bits per heavy atom. The number of para-hydroxylation sites is 1. The summed E-state index contributed by atoms with van der Waals surface area (Å²) in [7, 11) is 2.06. The molecule has 3 aromatic rings. The largest absolute Gasteiger partial charge is 0.324 e. The number of rotatable bonds is 3. The number of benzene rings is 3. The van der Waals surface area contributed by atoms with Gasteiger partial charge in [-0.1, -0.05) is 65.7 Å². The van der Waals surface area contributed by atoms with Crippen molar-refractivity contribution in [1.82, 2.24) is 4.90 Å². The van der Waals surface area contributed by atoms with Gasteiger partial charge in [0.25, 0.3) is 0 Å². The first-order chi connectivity index (χ1) is 14.5. The Labute approximate surface area is 186 Å². The fourth-order valence-corrected chi connectivity index (χ4v) is 5.62. The predicted molar refractivity (Wildman–Crippen MR) is 122 cm³/mol. The number of carbonyl (C=O) groups is 1. The summed E-state index contributed by atoms with van der Waals surface area (Å²) in [5.74, 6) is 0.315. The van der Waals surface area contributed by atoms with Gasteiger partial charge < -0.3 is 5.32 Å². The third-order valence-corrected chi connectivity index (χ3v) is 7.20. The van der Waals surface area contributed by atoms with Crippen LogP contribution in [0.4, 0.5) is 5.69 Å². The van der Waals surface area contributed by atoms with Crippen molar-refractivity contribution in [3.8, 4) is 0 Å². The zero-order chi connectivity index (χ0) is 20.9. The van der Waals surface area contributed by atoms with Crippen LogP contribution >= 0.6 is 23.2 Å². The summed E-state index contributed by atoms with van der Waals surface area (Å²) in [5, 5.41) is 4.58. The standard InChI is InChI=1S/C25H22Cl2N2O/c1-29-15-20(17-8-12-19(27)13-9-17)22(14-16-6-10-18(26)11-7-16)25(29)21-4-2-3-5-23(21)28-24(25)30/h2-13,20,22H,14-15H2,1H3,(H,28,30). The zero-order valence-electron chi connectivity index (χ0n) is 16.6. The predicted octanol–water partition coefficient (Wildman–Crippen LogP) is 5.73. The van der Waals surface area contributed by atoms with Gasteiger partial charge in [0.1, 0.15) is 5.54 Å². The van der Waals surface area contributed by atoms with Gasteiger partial charge in [-0.25, -0.2) is 0 Å². The molecular formula is C25H22Cl2N2O. The minimum atomic E-state index is -0.708. The van der Waals surface area contributed by atoms with Crippen LogP contribution < -0.4 is 5.32 Å². The second-order valence-corrected chi connectivity index (χ2v) is 9.11. The van der Waals surface area contributed by atoms with E-state index >= 15 is 0 Å². The summed E-state index contributed by atoms with van der Waals surface area (Å²) >= 11 is 12.3. The molecule has 1 spiro atoms. The quantitative estimate of drug-likeness (QED) is 0.568. The number of amides is 1. The lowest BCUT2D eigenvalue weighted by atomic mass is 9.71. The van der Waals surface area contributed by atoms with Crippen LogP contribution in [0.2, 0.25) is 10.0 Å². The van der Waals surface area contributed by atoms with Gasteiger partial charge in [-0.15, -0.1) is 0 Å². The Kier molecular flexibility index (Phi) is 4.85. The Balaban J connectivity index is 1.66. The molecule has 2 aliphatic heterocycles. The molecule has 0 aliphatic carbocycles. The number of fused-ring (bicyclic) bond motifs is 2. The molecule has 2 heterocycles. The van der Waals surface area contributed by atoms with Crippen molar-refractivity contribution in [2.45, 2.75) is 17.9 Å². The second-order valence-electron chi connectivity index (χ2n) is 8.24. The molecule has 0 saturated carbocycles. The maximum Gasteiger partial charge on any atom is 0.249 e. The van der Waals surface area contributed by atoms with Crippen LogP contribution in [0, 0.1) is 5.92 Å². The van der Waals surface area contributed by atoms with Crippen molar-refractivity contribution < 1.29 is 4.79 Å². The SMILES string of the molecule is CN1CC(c2ccc(Cl)cc2)C(Cc2ccc(Cl)cc2)C12C(=O)Nc1ccccc12. The van der Waals surface area contributed by atoms with E-state index in [9.17, 15) is 4.79 Å². The molecule has 1 N–H and O–H groups in total. The molecule has 152 valence electrons. The topological polar surface area (TPSA) is 32.3 Å². The molecule has 3 atom stereocenters. The molecule has 2 aliphatic rings. The van der Waals surface area contributed by atoms with Gasteiger partial charge in [-0.2, -0.15) is 0 Å². The highest BCUT2D eigenvalue weighted by Gasteiger charge is 2.61. The number of hydrogen-bond acceptors (Lipinski definition) is 2. The van der Waals surface area contributed by atoms with Crippen LogP contribution in [-0.2, 0) is 16.8 Å². The van der Waals surface area contributed by atoms with E-state index in [1.165, 1.54) is 11.1 Å². The van der Waals surface area contributed by atoms with E-state index < -0.39 is 5.54 Å². The molecule has 1 amide bonds. The highest BCUT2D eigenvalue weighted by Crippen LogP contribution is 2.55. The summed E-state index contributed by atoms with van der Waals surface area (Å²) < 4.78 is 0. The third-order valence-electron chi connectivity index (χ3n) is 6.69. The van der Waals surface area contributed by atoms with Crippen molar-refractivity contribution >= 4 is 34.8 Å². The van der Waals surface area contributed by atoms with E-state index in [2.05, 4.69) is 47.6 Å². The lowest BCUT2D eigenvalue weighted by Crippen LogP contribution is -2.49. The molecule has 5 heteroatoms. The van der Waals surface area contributed by atoms with Crippen molar-refractivity contribution in [1.29, 1.82) is 0 Å². The number of likely N-dealkylation sites (tertiary alicyclic amines) is 1. The van der Waals surface area contributed by atoms with Crippen LogP contribution in [-0.4, -0.2) is 24.4 Å². The maximum absolute atomic E-state index is 13.6. The molecule has 0 radical (unpaired) electrons. The highest BCUT2D eigenvalue weighted by molar-refractivity contribution is 6.30. The Hall–Kier alpha value is -2.33. The Bertz CT molecular complexity index is 1100. The fraction of sp³-hybridized carbons (Fsp3) is 0.240. The number of nitrogens with one attached hydrogen (secondary N) is 1. The van der Waals surface area contributed by atoms with E-state index in [0.717, 1.165) is 34.3 Å². The molecule has 1 fully saturated rings. The van der Waals surface area contributed by atoms with Crippen LogP contribution in [0.1, 0.15) is 22.6 Å². The smallest absolute Gasteiger partial charge is 0.249 e. The number of halogens is 2. The second kappa shape index (κ2) is 7.42. The summed E-state index contributed by atoms with van der Waals surface area (Å²) in [6.07, 6.45) is 0.774. The van der Waals surface area contributed by atoms with Crippen LogP contribution in [0.25, 0.3) is 0 Å². The molecule has 0 bridgehead atoms. The molecule has 1 saturated heterocycles. The number of likely N-dealkylation sites (N-methyl/N-ethyl adjacent to an activating group) is 1. The molecule has 0 aromatic heterocycles. The van der Waals surface area contributed by atoms with Crippen molar-refractivity contribution in [2.75, 3.05) is 18.9 Å². The number of anilines is 1. The van der Waals surface area contributed by atoms with Gasteiger partial charge in [0.15, 0.2) is 0 Å². The van der Waals surface area contributed by atoms with E-state index in [1.54, 1.807) is 0 Å². The van der Waals surface area contributed by atoms with Crippen LogP contribution in [0.3, 0.4) is 0 Å². The first-order valence-electron chi connectivity index (χ1n) is 10.1. The first-order valence-corrected chi connectivity index (χ1v) is 10.9. The minimum absolute atomic E-state index is 0.0571. The summed E-state index contributed by atoms with van der Waals surface area (Å²) in [6, 6.07) is 24.1. The van der Waals surface area contributed by atoms with Gasteiger partial charge in [0.2, 0.25) is 5.91 Å². The van der Waals surface area contributed by atoms with Crippen molar-refractivity contribution in [3.63, 3.8) is 0 Å². The summed E-state index contributed by atoms with van der Waals surface area (Å²) in [5.41, 5.74) is 3.65. The Morgan fingerprint density at radius 3 is 2.30 bits per heavy atom. The van der Waals surface area contributed by atoms with Gasteiger partial charge in [0, 0.05) is 39.7 Å². The molecule has 5 rings (SSSR count). The lowest BCUT2D eigenvalue weighted by Gasteiger charge is -2.36. The summed E-state index contributed by atoms with van der Waals surface area (Å²) in [4.78, 5) is 15.8. The normalized spacial score (nSPS) is 25.5. The van der Waals surface area contributed by atoms with E-state index in [4.69, 9.17) is 23.2 Å². The molecule has 3 unspecified atom stereocenters. The fourth-order valence-electron chi connectivity index (χ4n) is 5.36. The monoisotopic (exact) mass is 436 g/mol. The van der Waals surface area contributed by atoms with Crippen molar-refractivity contribution in [3.05, 3.63) is 99.5 Å². The van der Waals surface area contributed by atoms with Crippen molar-refractivity contribution in [2.24, 2.45) is 5.92 Å². The Morgan fingerprint density at radius 2 is 1.60 bits per heavy atom. The first kappa shape index (κ1) is 19.6. The average molecular weight is 437 g/mol. The van der Waals surface area contributed by atoms with Crippen LogP contribution in [0.5, 0.6) is 0 Å². The summed E-state index contributed by atoms with van der Waals surface area (Å²) in [6.45, 7) is 0.793. The molecule has 3 nitrogen and oxygen atoms in total. The number of nitrogens with zero attached hydrogens (tertiary/aromatic N) is 1. The highest BCUT2D eigenvalue weighted by atomic mass is 35.5. The van der Waals surface area contributed by atoms with Gasteiger partial charge in [0.05, 0.1) is 0 Å². The third kappa shape index (κ3) is 2.96. The van der Waals surface area contributed by atoms with Gasteiger partial charge >= 0.3 is 0 Å². The van der Waals surface area contributed by atoms with E-state index in [1.807, 2.05) is 42.5 Å².